The predicted molar refractivity (Wildman–Crippen MR) is 55.1 cm³/mol. The molecule has 1 saturated heterocycles. The summed E-state index contributed by atoms with van der Waals surface area (Å²) in [7, 11) is 0. The lowest BCUT2D eigenvalue weighted by molar-refractivity contribution is -0.116. The maximum atomic E-state index is 9.02. The SMILES string of the molecule is C[C@H](CO)NC1C2CCOC2C1(C)C. The Balaban J connectivity index is 1.98. The van der Waals surface area contributed by atoms with Gasteiger partial charge in [-0.25, -0.2) is 0 Å². The first-order valence-corrected chi connectivity index (χ1v) is 5.56. The van der Waals surface area contributed by atoms with E-state index in [-0.39, 0.29) is 18.1 Å². The summed E-state index contributed by atoms with van der Waals surface area (Å²) in [6.45, 7) is 7.65. The molecule has 2 aliphatic rings. The zero-order valence-corrected chi connectivity index (χ0v) is 9.29. The van der Waals surface area contributed by atoms with E-state index in [9.17, 15) is 0 Å². The summed E-state index contributed by atoms with van der Waals surface area (Å²) in [4.78, 5) is 0. The number of aliphatic hydroxyl groups is 1. The number of fused-ring (bicyclic) bond motifs is 1. The molecule has 3 heteroatoms. The van der Waals surface area contributed by atoms with Crippen molar-refractivity contribution < 1.29 is 9.84 Å². The van der Waals surface area contributed by atoms with E-state index in [2.05, 4.69) is 19.2 Å². The zero-order chi connectivity index (χ0) is 10.3. The van der Waals surface area contributed by atoms with E-state index in [1.807, 2.05) is 6.92 Å². The van der Waals surface area contributed by atoms with Crippen molar-refractivity contribution in [3.63, 3.8) is 0 Å². The van der Waals surface area contributed by atoms with E-state index >= 15 is 0 Å². The van der Waals surface area contributed by atoms with Crippen molar-refractivity contribution in [3.05, 3.63) is 0 Å². The van der Waals surface area contributed by atoms with Gasteiger partial charge in [0, 0.05) is 30.0 Å². The third-order valence-electron chi connectivity index (χ3n) is 3.84. The van der Waals surface area contributed by atoms with Gasteiger partial charge in [-0.05, 0) is 13.3 Å². The number of hydrogen-bond acceptors (Lipinski definition) is 3. The molecular weight excluding hydrogens is 178 g/mol. The van der Waals surface area contributed by atoms with Crippen LogP contribution in [0.2, 0.25) is 0 Å². The van der Waals surface area contributed by atoms with Crippen molar-refractivity contribution >= 4 is 0 Å². The van der Waals surface area contributed by atoms with Gasteiger partial charge in [0.25, 0.3) is 0 Å². The molecule has 0 spiro atoms. The van der Waals surface area contributed by atoms with Crippen LogP contribution < -0.4 is 5.32 Å². The summed E-state index contributed by atoms with van der Waals surface area (Å²) in [6.07, 6.45) is 1.61. The van der Waals surface area contributed by atoms with E-state index in [0.717, 1.165) is 6.61 Å². The Hall–Kier alpha value is -0.120. The lowest BCUT2D eigenvalue weighted by atomic mass is 9.57. The van der Waals surface area contributed by atoms with Crippen molar-refractivity contribution in [2.45, 2.75) is 45.4 Å². The molecule has 2 fully saturated rings. The van der Waals surface area contributed by atoms with Gasteiger partial charge in [0.15, 0.2) is 0 Å². The topological polar surface area (TPSA) is 41.5 Å². The van der Waals surface area contributed by atoms with E-state index in [0.29, 0.717) is 18.1 Å². The minimum Gasteiger partial charge on any atom is -0.395 e. The standard InChI is InChI=1S/C11H21NO2/c1-7(6-13)12-9-8-4-5-14-10(8)11(9,2)3/h7-10,12-13H,4-6H2,1-3H3/t7-,8?,9?,10?/m1/s1. The molecule has 0 aromatic carbocycles. The van der Waals surface area contributed by atoms with Gasteiger partial charge < -0.3 is 15.2 Å². The molecule has 1 heterocycles. The van der Waals surface area contributed by atoms with Crippen molar-refractivity contribution in [3.8, 4) is 0 Å². The number of ether oxygens (including phenoxy) is 1. The molecule has 2 rings (SSSR count). The van der Waals surface area contributed by atoms with Crippen molar-refractivity contribution in [1.82, 2.24) is 5.32 Å². The molecule has 0 aromatic heterocycles. The highest BCUT2D eigenvalue weighted by Crippen LogP contribution is 2.52. The molecule has 2 N–H and O–H groups in total. The highest BCUT2D eigenvalue weighted by molar-refractivity contribution is 5.11. The van der Waals surface area contributed by atoms with Gasteiger partial charge in [-0.3, -0.25) is 0 Å². The fourth-order valence-electron chi connectivity index (χ4n) is 3.02. The van der Waals surface area contributed by atoms with Gasteiger partial charge in [-0.1, -0.05) is 13.8 Å². The van der Waals surface area contributed by atoms with Crippen LogP contribution in [0.25, 0.3) is 0 Å². The molecule has 0 bridgehead atoms. The molecule has 0 radical (unpaired) electrons. The van der Waals surface area contributed by atoms with Crippen LogP contribution in [0.3, 0.4) is 0 Å². The largest absolute Gasteiger partial charge is 0.395 e. The zero-order valence-electron chi connectivity index (χ0n) is 9.29. The molecule has 14 heavy (non-hydrogen) atoms. The Morgan fingerprint density at radius 2 is 2.29 bits per heavy atom. The number of aliphatic hydroxyl groups excluding tert-OH is 1. The summed E-state index contributed by atoms with van der Waals surface area (Å²) < 4.78 is 5.71. The van der Waals surface area contributed by atoms with Crippen LogP contribution in [0.15, 0.2) is 0 Å². The van der Waals surface area contributed by atoms with Crippen molar-refractivity contribution in [1.29, 1.82) is 0 Å². The quantitative estimate of drug-likeness (QED) is 0.705. The normalized spacial score (nSPS) is 41.6. The van der Waals surface area contributed by atoms with Crippen molar-refractivity contribution in [2.24, 2.45) is 11.3 Å². The highest BCUT2D eigenvalue weighted by atomic mass is 16.5. The molecular formula is C11H21NO2. The van der Waals surface area contributed by atoms with E-state index in [4.69, 9.17) is 9.84 Å². The van der Waals surface area contributed by atoms with Gasteiger partial charge in [0.05, 0.1) is 12.7 Å². The molecule has 1 saturated carbocycles. The Labute approximate surface area is 85.8 Å². The second kappa shape index (κ2) is 3.47. The average Bonchev–Trinajstić information content (AvgIpc) is 2.60. The van der Waals surface area contributed by atoms with Crippen LogP contribution in [-0.4, -0.2) is 36.5 Å². The van der Waals surface area contributed by atoms with Gasteiger partial charge in [-0.15, -0.1) is 0 Å². The second-order valence-electron chi connectivity index (χ2n) is 5.29. The summed E-state index contributed by atoms with van der Waals surface area (Å²) in [5.74, 6) is 0.666. The molecule has 0 amide bonds. The van der Waals surface area contributed by atoms with Crippen LogP contribution in [0, 0.1) is 11.3 Å². The lowest BCUT2D eigenvalue weighted by Crippen LogP contribution is -2.67. The molecule has 3 nitrogen and oxygen atoms in total. The average molecular weight is 199 g/mol. The summed E-state index contributed by atoms with van der Waals surface area (Å²) in [5, 5.41) is 12.5. The fourth-order valence-corrected chi connectivity index (χ4v) is 3.02. The van der Waals surface area contributed by atoms with E-state index < -0.39 is 0 Å². The van der Waals surface area contributed by atoms with E-state index in [1.54, 1.807) is 0 Å². The fraction of sp³-hybridized carbons (Fsp3) is 1.00. The number of rotatable bonds is 3. The third-order valence-corrected chi connectivity index (χ3v) is 3.84. The predicted octanol–water partition coefficient (Wildman–Crippen LogP) is 0.770. The van der Waals surface area contributed by atoms with Crippen LogP contribution >= 0.6 is 0 Å². The lowest BCUT2D eigenvalue weighted by Gasteiger charge is -2.55. The molecule has 1 aliphatic heterocycles. The monoisotopic (exact) mass is 199 g/mol. The molecule has 82 valence electrons. The summed E-state index contributed by atoms with van der Waals surface area (Å²) in [6, 6.07) is 0.706. The van der Waals surface area contributed by atoms with Crippen LogP contribution in [-0.2, 0) is 4.74 Å². The minimum absolute atomic E-state index is 0.195. The number of hydrogen-bond donors (Lipinski definition) is 2. The van der Waals surface area contributed by atoms with E-state index in [1.165, 1.54) is 6.42 Å². The molecule has 3 unspecified atom stereocenters. The second-order valence-corrected chi connectivity index (χ2v) is 5.29. The van der Waals surface area contributed by atoms with Crippen LogP contribution in [0.4, 0.5) is 0 Å². The number of nitrogens with one attached hydrogen (secondary N) is 1. The Kier molecular flexibility index (Phi) is 2.58. The Morgan fingerprint density at radius 3 is 2.93 bits per heavy atom. The Morgan fingerprint density at radius 1 is 1.57 bits per heavy atom. The van der Waals surface area contributed by atoms with Gasteiger partial charge >= 0.3 is 0 Å². The molecule has 4 atom stereocenters. The maximum Gasteiger partial charge on any atom is 0.0685 e. The highest BCUT2D eigenvalue weighted by Gasteiger charge is 2.59. The first kappa shape index (κ1) is 10.4. The Bertz CT molecular complexity index is 217. The molecule has 0 aromatic rings. The third kappa shape index (κ3) is 1.38. The van der Waals surface area contributed by atoms with Gasteiger partial charge in [-0.2, -0.15) is 0 Å². The van der Waals surface area contributed by atoms with Crippen LogP contribution in [0.1, 0.15) is 27.2 Å². The van der Waals surface area contributed by atoms with Crippen molar-refractivity contribution in [2.75, 3.05) is 13.2 Å². The van der Waals surface area contributed by atoms with Crippen LogP contribution in [0.5, 0.6) is 0 Å². The summed E-state index contributed by atoms with van der Waals surface area (Å²) in [5.41, 5.74) is 0.227. The maximum absolute atomic E-state index is 9.02. The summed E-state index contributed by atoms with van der Waals surface area (Å²) >= 11 is 0. The molecule has 1 aliphatic carbocycles. The minimum atomic E-state index is 0.195. The first-order valence-electron chi connectivity index (χ1n) is 5.56. The van der Waals surface area contributed by atoms with Gasteiger partial charge in [0.1, 0.15) is 0 Å². The first-order chi connectivity index (χ1) is 6.57. The van der Waals surface area contributed by atoms with Gasteiger partial charge in [0.2, 0.25) is 0 Å². The smallest absolute Gasteiger partial charge is 0.0685 e.